The van der Waals surface area contributed by atoms with Gasteiger partial charge in [-0.2, -0.15) is 0 Å². The summed E-state index contributed by atoms with van der Waals surface area (Å²) in [6.45, 7) is 7.54. The number of hydrogen-bond acceptors (Lipinski definition) is 5. The van der Waals surface area contributed by atoms with E-state index in [1.807, 2.05) is 13.8 Å². The predicted molar refractivity (Wildman–Crippen MR) is 70.2 cm³/mol. The largest absolute Gasteiger partial charge is 0.456 e. The first-order chi connectivity index (χ1) is 8.95. The van der Waals surface area contributed by atoms with Crippen molar-refractivity contribution in [2.24, 2.45) is 5.92 Å². The van der Waals surface area contributed by atoms with Gasteiger partial charge in [0.2, 0.25) is 0 Å². The van der Waals surface area contributed by atoms with E-state index in [4.69, 9.17) is 4.74 Å². The minimum atomic E-state index is -0.709. The van der Waals surface area contributed by atoms with Crippen molar-refractivity contribution in [2.75, 3.05) is 19.7 Å². The Bertz CT molecular complexity index is 386. The fourth-order valence-corrected chi connectivity index (χ4v) is 2.13. The second-order valence-electron chi connectivity index (χ2n) is 4.99. The molecule has 1 aliphatic rings. The Morgan fingerprint density at radius 1 is 1.21 bits per heavy atom. The molecule has 1 heterocycles. The van der Waals surface area contributed by atoms with E-state index in [9.17, 15) is 9.59 Å². The van der Waals surface area contributed by atoms with Crippen molar-refractivity contribution in [3.8, 4) is 11.8 Å². The highest BCUT2D eigenvalue weighted by molar-refractivity contribution is 5.98. The monoisotopic (exact) mass is 267 g/mol. The van der Waals surface area contributed by atoms with E-state index in [0.717, 1.165) is 25.9 Å². The first-order valence-corrected chi connectivity index (χ1v) is 6.58. The first-order valence-electron chi connectivity index (χ1n) is 6.58. The van der Waals surface area contributed by atoms with Crippen LogP contribution in [0.1, 0.15) is 33.6 Å². The topological polar surface area (TPSA) is 64.6 Å². The van der Waals surface area contributed by atoms with Gasteiger partial charge in [0, 0.05) is 17.8 Å². The van der Waals surface area contributed by atoms with Crippen LogP contribution in [0.3, 0.4) is 0 Å². The predicted octanol–water partition coefficient (Wildman–Crippen LogP) is 0.874. The molecule has 106 valence electrons. The van der Waals surface area contributed by atoms with Crippen LogP contribution in [0.2, 0.25) is 0 Å². The summed E-state index contributed by atoms with van der Waals surface area (Å²) in [4.78, 5) is 22.6. The number of carbonyl (C=O) groups excluding carboxylic acids is 2. The van der Waals surface area contributed by atoms with Crippen LogP contribution in [0, 0.1) is 17.8 Å². The zero-order chi connectivity index (χ0) is 14.3. The molecule has 0 radical (unpaired) electrons. The zero-order valence-electron chi connectivity index (χ0n) is 11.7. The molecule has 0 aliphatic carbocycles. The number of nitrogens with one attached hydrogen (secondary N) is 1. The minimum absolute atomic E-state index is 0.239. The van der Waals surface area contributed by atoms with Crippen LogP contribution >= 0.6 is 0 Å². The first kappa shape index (κ1) is 15.5. The summed E-state index contributed by atoms with van der Waals surface area (Å²) in [5, 5.41) is 3.26. The number of hydrogen-bond donors (Lipinski definition) is 1. The molecule has 5 nitrogen and oxygen atoms in total. The molecule has 1 aliphatic heterocycles. The maximum Gasteiger partial charge on any atom is 0.385 e. The molecule has 0 bridgehead atoms. The van der Waals surface area contributed by atoms with Crippen LogP contribution in [0.25, 0.3) is 0 Å². The van der Waals surface area contributed by atoms with E-state index in [1.165, 1.54) is 0 Å². The normalized spacial score (nSPS) is 16.2. The number of rotatable bonds is 3. The van der Waals surface area contributed by atoms with Crippen LogP contribution in [0.4, 0.5) is 0 Å². The van der Waals surface area contributed by atoms with Gasteiger partial charge in [0.15, 0.2) is 0 Å². The third-order valence-electron chi connectivity index (χ3n) is 3.22. The Morgan fingerprint density at radius 3 is 2.37 bits per heavy atom. The molecule has 0 atom stereocenters. The Balaban J connectivity index is 2.52. The molecule has 19 heavy (non-hydrogen) atoms. The molecule has 1 fully saturated rings. The lowest BCUT2D eigenvalue weighted by atomic mass is 9.83. The van der Waals surface area contributed by atoms with E-state index in [1.54, 1.807) is 6.92 Å². The molecular formula is C14H21NO4. The van der Waals surface area contributed by atoms with Crippen molar-refractivity contribution in [2.45, 2.75) is 39.2 Å². The molecular weight excluding hydrogens is 246 g/mol. The highest BCUT2D eigenvalue weighted by Crippen LogP contribution is 2.28. The number of piperidine rings is 1. The molecule has 0 aromatic heterocycles. The molecule has 0 saturated carbocycles. The maximum absolute atomic E-state index is 11.6. The van der Waals surface area contributed by atoms with E-state index < -0.39 is 17.5 Å². The van der Waals surface area contributed by atoms with Gasteiger partial charge in [0.1, 0.15) is 5.60 Å². The molecule has 0 aromatic carbocycles. The molecule has 0 aromatic rings. The lowest BCUT2D eigenvalue weighted by molar-refractivity contribution is -0.155. The third kappa shape index (κ3) is 5.31. The zero-order valence-corrected chi connectivity index (χ0v) is 11.7. The van der Waals surface area contributed by atoms with Crippen molar-refractivity contribution in [3.05, 3.63) is 0 Å². The summed E-state index contributed by atoms with van der Waals surface area (Å²) in [6, 6.07) is 0. The van der Waals surface area contributed by atoms with Gasteiger partial charge >= 0.3 is 11.9 Å². The molecule has 1 rings (SSSR count). The van der Waals surface area contributed by atoms with Gasteiger partial charge in [0.25, 0.3) is 0 Å². The van der Waals surface area contributed by atoms with Crippen molar-refractivity contribution < 1.29 is 19.1 Å². The highest BCUT2D eigenvalue weighted by atomic mass is 16.6. The van der Waals surface area contributed by atoms with Crippen molar-refractivity contribution in [1.82, 2.24) is 5.32 Å². The van der Waals surface area contributed by atoms with Crippen molar-refractivity contribution in [1.29, 1.82) is 0 Å². The molecule has 1 N–H and O–H groups in total. The Labute approximate surface area is 114 Å². The van der Waals surface area contributed by atoms with Gasteiger partial charge in [-0.1, -0.05) is 0 Å². The van der Waals surface area contributed by atoms with Crippen molar-refractivity contribution >= 4 is 11.9 Å². The lowest BCUT2D eigenvalue weighted by Crippen LogP contribution is -2.42. The molecule has 5 heteroatoms. The SMILES string of the molecule is CCOC(=O)C#CC(=O)OC(C)(C)C1CCNCC1. The molecule has 0 amide bonds. The summed E-state index contributed by atoms with van der Waals surface area (Å²) in [5.41, 5.74) is -0.567. The third-order valence-corrected chi connectivity index (χ3v) is 3.22. The van der Waals surface area contributed by atoms with Crippen molar-refractivity contribution in [3.63, 3.8) is 0 Å². The summed E-state index contributed by atoms with van der Waals surface area (Å²) in [5.74, 6) is 3.19. The fraction of sp³-hybridized carbons (Fsp3) is 0.714. The van der Waals surface area contributed by atoms with Gasteiger partial charge in [-0.15, -0.1) is 0 Å². The number of esters is 2. The Hall–Kier alpha value is -1.54. The quantitative estimate of drug-likeness (QED) is 0.467. The Kier molecular flexibility index (Phi) is 5.84. The molecule has 0 spiro atoms. The van der Waals surface area contributed by atoms with E-state index in [2.05, 4.69) is 21.9 Å². The van der Waals surface area contributed by atoms with Gasteiger partial charge < -0.3 is 14.8 Å². The van der Waals surface area contributed by atoms with Crippen LogP contribution < -0.4 is 5.32 Å². The average molecular weight is 267 g/mol. The van der Waals surface area contributed by atoms with Crippen LogP contribution in [-0.2, 0) is 19.1 Å². The summed E-state index contributed by atoms with van der Waals surface area (Å²) >= 11 is 0. The van der Waals surface area contributed by atoms with E-state index in [-0.39, 0.29) is 6.61 Å². The minimum Gasteiger partial charge on any atom is -0.456 e. The smallest absolute Gasteiger partial charge is 0.385 e. The average Bonchev–Trinajstić information content (AvgIpc) is 2.37. The maximum atomic E-state index is 11.6. The van der Waals surface area contributed by atoms with Crippen LogP contribution in [0.15, 0.2) is 0 Å². The Morgan fingerprint density at radius 2 is 1.79 bits per heavy atom. The van der Waals surface area contributed by atoms with E-state index in [0.29, 0.717) is 5.92 Å². The lowest BCUT2D eigenvalue weighted by Gasteiger charge is -2.36. The van der Waals surface area contributed by atoms with Crippen LogP contribution in [-0.4, -0.2) is 37.2 Å². The van der Waals surface area contributed by atoms with E-state index >= 15 is 0 Å². The van der Waals surface area contributed by atoms with Crippen LogP contribution in [0.5, 0.6) is 0 Å². The molecule has 0 unspecified atom stereocenters. The van der Waals surface area contributed by atoms with Gasteiger partial charge in [-0.3, -0.25) is 0 Å². The summed E-state index contributed by atoms with van der Waals surface area (Å²) < 4.78 is 9.97. The highest BCUT2D eigenvalue weighted by Gasteiger charge is 2.33. The molecule has 1 saturated heterocycles. The van der Waals surface area contributed by atoms with Gasteiger partial charge in [-0.05, 0) is 46.7 Å². The summed E-state index contributed by atoms with van der Waals surface area (Å²) in [6.07, 6.45) is 1.93. The number of carbonyl (C=O) groups is 2. The second-order valence-corrected chi connectivity index (χ2v) is 4.99. The second kappa shape index (κ2) is 7.15. The standard InChI is InChI=1S/C14H21NO4/c1-4-18-12(16)5-6-13(17)19-14(2,3)11-7-9-15-10-8-11/h11,15H,4,7-10H2,1-3H3. The van der Waals surface area contributed by atoms with Gasteiger partial charge in [0.05, 0.1) is 6.61 Å². The summed E-state index contributed by atoms with van der Waals surface area (Å²) in [7, 11) is 0. The number of ether oxygens (including phenoxy) is 2. The van der Waals surface area contributed by atoms with Gasteiger partial charge in [-0.25, -0.2) is 9.59 Å². The fourth-order valence-electron chi connectivity index (χ4n) is 2.13.